The second-order valence-electron chi connectivity index (χ2n) is 6.80. The molecule has 0 unspecified atom stereocenters. The highest BCUT2D eigenvalue weighted by Crippen LogP contribution is 2.28. The third-order valence-corrected chi connectivity index (χ3v) is 5.66. The topological polar surface area (TPSA) is 18.5 Å². The van der Waals surface area contributed by atoms with Crippen LogP contribution < -0.4 is 5.46 Å². The van der Waals surface area contributed by atoms with E-state index >= 15 is 0 Å². The van der Waals surface area contributed by atoms with Gasteiger partial charge in [0.05, 0.1) is 11.2 Å². The van der Waals surface area contributed by atoms with Crippen molar-refractivity contribution in [2.24, 2.45) is 0 Å². The van der Waals surface area contributed by atoms with Gasteiger partial charge in [0, 0.05) is 17.8 Å². The molecule has 0 bridgehead atoms. The quantitative estimate of drug-likeness (QED) is 0.522. The van der Waals surface area contributed by atoms with Gasteiger partial charge in [0.1, 0.15) is 0 Å². The monoisotopic (exact) mass is 341 g/mol. The third kappa shape index (κ3) is 5.14. The van der Waals surface area contributed by atoms with Crippen molar-refractivity contribution >= 4 is 24.7 Å². The van der Waals surface area contributed by atoms with Crippen LogP contribution in [0.2, 0.25) is 0 Å². The normalized spacial score (nSPS) is 12.2. The second kappa shape index (κ2) is 8.24. The van der Waals surface area contributed by atoms with Crippen molar-refractivity contribution in [1.29, 1.82) is 0 Å². The van der Waals surface area contributed by atoms with E-state index in [1.165, 1.54) is 10.5 Å². The van der Waals surface area contributed by atoms with Gasteiger partial charge in [0.25, 0.3) is 0 Å². The highest BCUT2D eigenvalue weighted by Gasteiger charge is 2.37. The molecule has 4 heteroatoms. The van der Waals surface area contributed by atoms with Crippen LogP contribution in [0.15, 0.2) is 59.5 Å². The molecule has 2 aromatic carbocycles. The average molecular weight is 341 g/mol. The van der Waals surface area contributed by atoms with Crippen molar-refractivity contribution < 1.29 is 9.39 Å². The maximum atomic E-state index is 5.98. The summed E-state index contributed by atoms with van der Waals surface area (Å²) in [5.74, 6) is 0.982. The molecule has 0 aliphatic carbocycles. The Labute approximate surface area is 151 Å². The molecule has 24 heavy (non-hydrogen) atoms. The fourth-order valence-corrected chi connectivity index (χ4v) is 2.84. The summed E-state index contributed by atoms with van der Waals surface area (Å²) in [6.45, 7) is 8.14. The molecule has 2 rings (SSSR count). The summed E-state index contributed by atoms with van der Waals surface area (Å²) >= 11 is 1.84. The van der Waals surface area contributed by atoms with Crippen LogP contribution in [0.25, 0.3) is 0 Å². The lowest BCUT2D eigenvalue weighted by Gasteiger charge is -2.40. The maximum absolute atomic E-state index is 5.98. The SMILES string of the molecule is COC(C)(C)C(C)(C)O[B]c1ccc(SCc2ccccc2)cc1. The van der Waals surface area contributed by atoms with Crippen molar-refractivity contribution in [1.82, 2.24) is 0 Å². The molecule has 0 N–H and O–H groups in total. The molecular formula is C20H26BO2S. The fourth-order valence-electron chi connectivity index (χ4n) is 1.99. The Balaban J connectivity index is 1.88. The number of hydrogen-bond acceptors (Lipinski definition) is 3. The number of ether oxygens (including phenoxy) is 1. The number of hydrogen-bond donors (Lipinski definition) is 0. The largest absolute Gasteiger partial charge is 0.427 e. The summed E-state index contributed by atoms with van der Waals surface area (Å²) in [5, 5.41) is 0. The van der Waals surface area contributed by atoms with Gasteiger partial charge in [-0.2, -0.15) is 0 Å². The predicted octanol–water partition coefficient (Wildman–Crippen LogP) is 4.44. The van der Waals surface area contributed by atoms with Gasteiger partial charge in [-0.25, -0.2) is 0 Å². The molecule has 0 amide bonds. The van der Waals surface area contributed by atoms with E-state index in [0.29, 0.717) is 0 Å². The molecule has 0 aliphatic heterocycles. The lowest BCUT2D eigenvalue weighted by Crippen LogP contribution is -2.50. The summed E-state index contributed by atoms with van der Waals surface area (Å²) in [6.07, 6.45) is 0. The standard InChI is InChI=1S/C20H26BO2S/c1-19(2,22-5)20(3,4)23-21-17-11-13-18(14-12-17)24-15-16-9-7-6-8-10-16/h6-14H,15H2,1-5H3. The molecular weight excluding hydrogens is 315 g/mol. The van der Waals surface area contributed by atoms with E-state index in [4.69, 9.17) is 9.39 Å². The summed E-state index contributed by atoms with van der Waals surface area (Å²) in [7, 11) is 3.52. The Kier molecular flexibility index (Phi) is 6.56. The highest BCUT2D eigenvalue weighted by molar-refractivity contribution is 7.98. The minimum Gasteiger partial charge on any atom is -0.427 e. The van der Waals surface area contributed by atoms with Crippen LogP contribution in [0, 0.1) is 0 Å². The Morgan fingerprint density at radius 2 is 1.50 bits per heavy atom. The van der Waals surface area contributed by atoms with E-state index in [1.807, 2.05) is 53.0 Å². The molecule has 0 aliphatic rings. The lowest BCUT2D eigenvalue weighted by atomic mass is 9.82. The summed E-state index contributed by atoms with van der Waals surface area (Å²) in [6, 6.07) is 19.0. The van der Waals surface area contributed by atoms with Gasteiger partial charge in [-0.1, -0.05) is 47.9 Å². The predicted molar refractivity (Wildman–Crippen MR) is 104 cm³/mol. The van der Waals surface area contributed by atoms with Gasteiger partial charge >= 0.3 is 7.48 Å². The van der Waals surface area contributed by atoms with E-state index in [9.17, 15) is 0 Å². The third-order valence-electron chi connectivity index (χ3n) is 4.58. The van der Waals surface area contributed by atoms with Gasteiger partial charge < -0.3 is 9.39 Å². The molecule has 1 radical (unpaired) electrons. The zero-order chi connectivity index (χ0) is 17.6. The van der Waals surface area contributed by atoms with Crippen LogP contribution in [-0.2, 0) is 15.1 Å². The number of benzene rings is 2. The molecule has 0 aromatic heterocycles. The van der Waals surface area contributed by atoms with E-state index < -0.39 is 5.60 Å². The summed E-state index contributed by atoms with van der Waals surface area (Å²) in [5.41, 5.74) is 1.61. The molecule has 0 atom stereocenters. The van der Waals surface area contributed by atoms with Crippen molar-refractivity contribution in [2.45, 2.75) is 49.5 Å². The minimum absolute atomic E-state index is 0.366. The first-order chi connectivity index (χ1) is 11.3. The zero-order valence-electron chi connectivity index (χ0n) is 15.2. The van der Waals surface area contributed by atoms with E-state index in [0.717, 1.165) is 11.2 Å². The van der Waals surface area contributed by atoms with Gasteiger partial charge in [0.2, 0.25) is 0 Å². The Morgan fingerprint density at radius 3 is 2.08 bits per heavy atom. The number of rotatable bonds is 8. The zero-order valence-corrected chi connectivity index (χ0v) is 16.0. The summed E-state index contributed by atoms with van der Waals surface area (Å²) in [4.78, 5) is 1.26. The highest BCUT2D eigenvalue weighted by atomic mass is 32.2. The van der Waals surface area contributed by atoms with E-state index in [-0.39, 0.29) is 5.60 Å². The van der Waals surface area contributed by atoms with Crippen molar-refractivity contribution in [3.63, 3.8) is 0 Å². The van der Waals surface area contributed by atoms with Crippen LogP contribution in [0.5, 0.6) is 0 Å². The van der Waals surface area contributed by atoms with Crippen molar-refractivity contribution in [2.75, 3.05) is 7.11 Å². The Morgan fingerprint density at radius 1 is 0.875 bits per heavy atom. The van der Waals surface area contributed by atoms with Gasteiger partial charge in [0.15, 0.2) is 0 Å². The molecule has 0 saturated carbocycles. The van der Waals surface area contributed by atoms with Crippen LogP contribution >= 0.6 is 11.8 Å². The molecule has 2 aromatic rings. The van der Waals surface area contributed by atoms with Crippen molar-refractivity contribution in [3.8, 4) is 0 Å². The fraction of sp³-hybridized carbons (Fsp3) is 0.400. The first-order valence-electron chi connectivity index (χ1n) is 8.17. The number of methoxy groups -OCH3 is 1. The molecule has 0 saturated heterocycles. The Hall–Kier alpha value is -1.23. The lowest BCUT2D eigenvalue weighted by molar-refractivity contribution is -0.114. The van der Waals surface area contributed by atoms with Crippen molar-refractivity contribution in [3.05, 3.63) is 60.2 Å². The first-order valence-corrected chi connectivity index (χ1v) is 9.15. The van der Waals surface area contributed by atoms with Crippen LogP contribution in [0.4, 0.5) is 0 Å². The second-order valence-corrected chi connectivity index (χ2v) is 7.85. The molecule has 0 spiro atoms. The van der Waals surface area contributed by atoms with Gasteiger partial charge in [-0.05, 0) is 45.4 Å². The van der Waals surface area contributed by atoms with Crippen LogP contribution in [0.3, 0.4) is 0 Å². The smallest absolute Gasteiger partial charge is 0.330 e. The molecule has 0 fully saturated rings. The van der Waals surface area contributed by atoms with E-state index in [1.54, 1.807) is 7.11 Å². The van der Waals surface area contributed by atoms with E-state index in [2.05, 4.69) is 48.5 Å². The molecule has 2 nitrogen and oxygen atoms in total. The first kappa shape index (κ1) is 19.1. The number of thioether (sulfide) groups is 1. The van der Waals surface area contributed by atoms with Crippen LogP contribution in [0.1, 0.15) is 33.3 Å². The van der Waals surface area contributed by atoms with Gasteiger partial charge in [-0.3, -0.25) is 0 Å². The van der Waals surface area contributed by atoms with Gasteiger partial charge in [-0.15, -0.1) is 11.8 Å². The molecule has 0 heterocycles. The molecule has 127 valence electrons. The summed E-state index contributed by atoms with van der Waals surface area (Å²) < 4.78 is 11.5. The minimum atomic E-state index is -0.414. The average Bonchev–Trinajstić information content (AvgIpc) is 2.60. The van der Waals surface area contributed by atoms with Crippen LogP contribution in [-0.4, -0.2) is 25.8 Å². The Bertz CT molecular complexity index is 624. The maximum Gasteiger partial charge on any atom is 0.330 e.